The number of benzene rings is 3. The topological polar surface area (TPSA) is 152 Å². The summed E-state index contributed by atoms with van der Waals surface area (Å²) in [4.78, 5) is 54.1. The van der Waals surface area contributed by atoms with Gasteiger partial charge in [-0.05, 0) is 36.6 Å². The number of nitriles is 1. The Bertz CT molecular complexity index is 1820. The maximum absolute atomic E-state index is 13.6. The number of hydrogen-bond acceptors (Lipinski definition) is 10. The molecule has 0 fully saturated rings. The van der Waals surface area contributed by atoms with E-state index in [-0.39, 0.29) is 39.9 Å². The minimum atomic E-state index is -1.04. The van der Waals surface area contributed by atoms with E-state index in [2.05, 4.69) is 11.4 Å². The number of carbonyl (C=O) groups excluding carboxylic acids is 4. The number of rotatable bonds is 8. The molecule has 1 aliphatic heterocycles. The van der Waals surface area contributed by atoms with Crippen LogP contribution in [0.2, 0.25) is 0 Å². The Morgan fingerprint density at radius 3 is 2.20 bits per heavy atom. The number of nitrogens with zero attached hydrogens (tertiary/aromatic N) is 2. The molecule has 10 heteroatoms. The molecule has 0 saturated carbocycles. The number of nitrogens with two attached hydrogens (primary N) is 1. The molecule has 0 amide bonds. The van der Waals surface area contributed by atoms with Gasteiger partial charge < -0.3 is 20.5 Å². The van der Waals surface area contributed by atoms with Crippen LogP contribution >= 0.6 is 0 Å². The number of ether oxygens (including phenoxy) is 2. The summed E-state index contributed by atoms with van der Waals surface area (Å²) < 4.78 is 10.3. The van der Waals surface area contributed by atoms with Crippen molar-refractivity contribution >= 4 is 34.9 Å². The van der Waals surface area contributed by atoms with Crippen molar-refractivity contribution in [2.75, 3.05) is 24.4 Å². The predicted molar refractivity (Wildman–Crippen MR) is 166 cm³/mol. The Kier molecular flexibility index (Phi) is 8.91. The average molecular weight is 603 g/mol. The zero-order valence-electron chi connectivity index (χ0n) is 24.7. The summed E-state index contributed by atoms with van der Waals surface area (Å²) in [7, 11) is 2.34. The lowest BCUT2D eigenvalue weighted by molar-refractivity contribution is -0.139. The molecule has 0 saturated heterocycles. The fourth-order valence-electron chi connectivity index (χ4n) is 5.56. The van der Waals surface area contributed by atoms with Gasteiger partial charge >= 0.3 is 11.9 Å². The van der Waals surface area contributed by atoms with E-state index in [1.807, 2.05) is 0 Å². The van der Waals surface area contributed by atoms with Crippen LogP contribution in [0.15, 0.2) is 113 Å². The molecule has 3 N–H and O–H groups in total. The van der Waals surface area contributed by atoms with Crippen molar-refractivity contribution in [3.8, 4) is 6.07 Å². The molecule has 0 bridgehead atoms. The standard InChI is InChI=1S/C35H30N4O6/c1-44-34(42)30-29(21-10-5-3-6-11-21)26(20-36)33(37)39(31(30)35(43)45-2)28-17-16-23(32(41)22-12-7-4-8-13-22)18-27(28)38-24-14-9-15-25(40)19-24/h3-8,10-13,16-19,29,38H,9,14-15,37H2,1-2H3. The van der Waals surface area contributed by atoms with Gasteiger partial charge in [0.15, 0.2) is 11.6 Å². The van der Waals surface area contributed by atoms with E-state index in [0.29, 0.717) is 47.3 Å². The molecule has 45 heavy (non-hydrogen) atoms. The summed E-state index contributed by atoms with van der Waals surface area (Å²) in [6.07, 6.45) is 3.09. The molecule has 0 radical (unpaired) electrons. The van der Waals surface area contributed by atoms with Crippen LogP contribution < -0.4 is 16.0 Å². The Hall–Kier alpha value is -5.95. The van der Waals surface area contributed by atoms with Crippen molar-refractivity contribution in [2.24, 2.45) is 5.73 Å². The van der Waals surface area contributed by atoms with Crippen molar-refractivity contribution in [1.82, 2.24) is 0 Å². The maximum Gasteiger partial charge on any atom is 0.355 e. The van der Waals surface area contributed by atoms with Crippen LogP contribution in [-0.4, -0.2) is 37.7 Å². The molecule has 2 aliphatic rings. The number of allylic oxidation sites excluding steroid dienone is 3. The maximum atomic E-state index is 13.6. The van der Waals surface area contributed by atoms with Gasteiger partial charge in [-0.2, -0.15) is 5.26 Å². The van der Waals surface area contributed by atoms with E-state index in [0.717, 1.165) is 0 Å². The van der Waals surface area contributed by atoms with Crippen LogP contribution in [0.4, 0.5) is 11.4 Å². The average Bonchev–Trinajstić information content (AvgIpc) is 3.07. The Balaban J connectivity index is 1.78. The van der Waals surface area contributed by atoms with Gasteiger partial charge in [-0.25, -0.2) is 9.59 Å². The van der Waals surface area contributed by atoms with Gasteiger partial charge in [-0.3, -0.25) is 14.5 Å². The van der Waals surface area contributed by atoms with Crippen molar-refractivity contribution in [2.45, 2.75) is 25.2 Å². The van der Waals surface area contributed by atoms with Crippen molar-refractivity contribution in [3.05, 3.63) is 130 Å². The summed E-state index contributed by atoms with van der Waals surface area (Å²) in [5, 5.41) is 13.7. The number of esters is 2. The molecule has 226 valence electrons. The third-order valence-corrected chi connectivity index (χ3v) is 7.65. The summed E-state index contributed by atoms with van der Waals surface area (Å²) in [6.45, 7) is 0. The van der Waals surface area contributed by atoms with Crippen LogP contribution in [0.5, 0.6) is 0 Å². The number of nitrogens with one attached hydrogen (secondary N) is 1. The van der Waals surface area contributed by atoms with Gasteiger partial charge in [-0.15, -0.1) is 0 Å². The Labute approximate surface area is 260 Å². The summed E-state index contributed by atoms with van der Waals surface area (Å²) in [6, 6.07) is 24.2. The van der Waals surface area contributed by atoms with Crippen LogP contribution in [-0.2, 0) is 23.9 Å². The van der Waals surface area contributed by atoms with Gasteiger partial charge in [0.2, 0.25) is 0 Å². The highest BCUT2D eigenvalue weighted by molar-refractivity contribution is 6.11. The number of ketones is 2. The van der Waals surface area contributed by atoms with Crippen LogP contribution in [0.25, 0.3) is 0 Å². The summed E-state index contributed by atoms with van der Waals surface area (Å²) in [5.41, 5.74) is 8.75. The van der Waals surface area contributed by atoms with E-state index in [4.69, 9.17) is 15.2 Å². The van der Waals surface area contributed by atoms with Crippen LogP contribution in [0, 0.1) is 11.3 Å². The third-order valence-electron chi connectivity index (χ3n) is 7.65. The molecule has 1 aliphatic carbocycles. The fourth-order valence-corrected chi connectivity index (χ4v) is 5.56. The normalized spacial score (nSPS) is 16.5. The van der Waals surface area contributed by atoms with Crippen molar-refractivity contribution < 1.29 is 28.7 Å². The van der Waals surface area contributed by atoms with E-state index in [9.17, 15) is 24.4 Å². The molecular weight excluding hydrogens is 572 g/mol. The molecule has 1 unspecified atom stereocenters. The zero-order valence-corrected chi connectivity index (χ0v) is 24.7. The Morgan fingerprint density at radius 1 is 0.911 bits per heavy atom. The zero-order chi connectivity index (χ0) is 32.1. The van der Waals surface area contributed by atoms with E-state index >= 15 is 0 Å². The first-order valence-electron chi connectivity index (χ1n) is 14.2. The highest BCUT2D eigenvalue weighted by atomic mass is 16.5. The van der Waals surface area contributed by atoms with Gasteiger partial charge in [0.25, 0.3) is 0 Å². The highest BCUT2D eigenvalue weighted by Gasteiger charge is 2.43. The minimum Gasteiger partial charge on any atom is -0.466 e. The van der Waals surface area contributed by atoms with Gasteiger partial charge in [0.05, 0.1) is 48.7 Å². The minimum absolute atomic E-state index is 0.00305. The number of carbonyl (C=O) groups is 4. The molecule has 3 aromatic rings. The first-order chi connectivity index (χ1) is 21.8. The molecule has 5 rings (SSSR count). The number of methoxy groups -OCH3 is 2. The fraction of sp³-hybridized carbons (Fsp3) is 0.171. The lowest BCUT2D eigenvalue weighted by atomic mass is 9.81. The molecule has 0 spiro atoms. The lowest BCUT2D eigenvalue weighted by Crippen LogP contribution is -2.41. The molecule has 10 nitrogen and oxygen atoms in total. The summed E-state index contributed by atoms with van der Waals surface area (Å²) >= 11 is 0. The largest absolute Gasteiger partial charge is 0.466 e. The number of hydrogen-bond donors (Lipinski definition) is 2. The van der Waals surface area contributed by atoms with Gasteiger partial charge in [-0.1, -0.05) is 60.7 Å². The van der Waals surface area contributed by atoms with Crippen molar-refractivity contribution in [1.29, 1.82) is 5.26 Å². The second kappa shape index (κ2) is 13.1. The van der Waals surface area contributed by atoms with Gasteiger partial charge in [0, 0.05) is 29.3 Å². The third kappa shape index (κ3) is 5.96. The second-order valence-corrected chi connectivity index (χ2v) is 10.4. The van der Waals surface area contributed by atoms with E-state index in [1.165, 1.54) is 25.2 Å². The van der Waals surface area contributed by atoms with Crippen LogP contribution in [0.3, 0.4) is 0 Å². The first-order valence-corrected chi connectivity index (χ1v) is 14.2. The monoisotopic (exact) mass is 602 g/mol. The molecule has 1 heterocycles. The van der Waals surface area contributed by atoms with Gasteiger partial charge in [0.1, 0.15) is 11.5 Å². The molecular formula is C35H30N4O6. The SMILES string of the molecule is COC(=O)C1=C(C(=O)OC)N(c2ccc(C(=O)c3ccccc3)cc2NC2=CC(=O)CCC2)C(N)=C(C#N)C1c1ccccc1. The van der Waals surface area contributed by atoms with E-state index < -0.39 is 17.9 Å². The Morgan fingerprint density at radius 2 is 1.58 bits per heavy atom. The predicted octanol–water partition coefficient (Wildman–Crippen LogP) is 4.86. The summed E-state index contributed by atoms with van der Waals surface area (Å²) in [5.74, 6) is -3.25. The molecule has 0 aromatic heterocycles. The van der Waals surface area contributed by atoms with E-state index in [1.54, 1.807) is 78.9 Å². The molecule has 3 aromatic carbocycles. The smallest absolute Gasteiger partial charge is 0.355 e. The lowest BCUT2D eigenvalue weighted by Gasteiger charge is -2.37. The molecule has 1 atom stereocenters. The quantitative estimate of drug-likeness (QED) is 0.270. The highest BCUT2D eigenvalue weighted by Crippen LogP contribution is 2.45. The second-order valence-electron chi connectivity index (χ2n) is 10.4. The number of anilines is 2. The first kappa shape index (κ1) is 30.5. The van der Waals surface area contributed by atoms with Crippen LogP contribution in [0.1, 0.15) is 46.7 Å². The van der Waals surface area contributed by atoms with Crippen molar-refractivity contribution in [3.63, 3.8) is 0 Å².